The van der Waals surface area contributed by atoms with E-state index in [-0.39, 0.29) is 34.8 Å². The highest BCUT2D eigenvalue weighted by Gasteiger charge is 2.34. The Morgan fingerprint density at radius 3 is 2.37 bits per heavy atom. The molecule has 216 valence electrons. The van der Waals surface area contributed by atoms with Crippen molar-refractivity contribution in [2.24, 2.45) is 10.9 Å². The monoisotopic (exact) mass is 576 g/mol. The van der Waals surface area contributed by atoms with Gasteiger partial charge in [0.05, 0.1) is 35.6 Å². The Balaban J connectivity index is 1.89. The number of nitrogens with zero attached hydrogens (tertiary/aromatic N) is 2. The van der Waals surface area contributed by atoms with Crippen molar-refractivity contribution in [1.82, 2.24) is 4.57 Å². The largest absolute Gasteiger partial charge is 0.493 e. The summed E-state index contributed by atoms with van der Waals surface area (Å²) in [6.45, 7) is 13.6. The second-order valence-corrected chi connectivity index (χ2v) is 12.5. The normalized spacial score (nSPS) is 15.4. The number of ether oxygens (including phenoxy) is 3. The van der Waals surface area contributed by atoms with Gasteiger partial charge in [-0.3, -0.25) is 14.2 Å². The number of allylic oxidation sites excluding steroid dienone is 1. The van der Waals surface area contributed by atoms with Gasteiger partial charge in [0.1, 0.15) is 0 Å². The first kappa shape index (κ1) is 30.0. The Morgan fingerprint density at radius 1 is 1.10 bits per heavy atom. The van der Waals surface area contributed by atoms with Crippen LogP contribution in [0.1, 0.15) is 71.2 Å². The highest BCUT2D eigenvalue weighted by molar-refractivity contribution is 7.07. The average molecular weight is 577 g/mol. The van der Waals surface area contributed by atoms with Gasteiger partial charge in [0, 0.05) is 6.92 Å². The van der Waals surface area contributed by atoms with E-state index >= 15 is 0 Å². The SMILES string of the molecule is COc1cc([C@H]2C(C(=O)OCC(C)C)=C(C)N=c3s/c(=C/c4ccc(C(C)(C)C)cc4)c(=O)n32)ccc1OC(C)=O. The molecule has 1 atom stereocenters. The molecule has 0 fully saturated rings. The fourth-order valence-electron chi connectivity index (χ4n) is 4.54. The number of carbonyl (C=O) groups is 2. The van der Waals surface area contributed by atoms with Crippen LogP contribution in [0.25, 0.3) is 6.08 Å². The maximum absolute atomic E-state index is 13.9. The van der Waals surface area contributed by atoms with Crippen LogP contribution in [0.3, 0.4) is 0 Å². The van der Waals surface area contributed by atoms with Crippen molar-refractivity contribution in [2.45, 2.75) is 59.9 Å². The van der Waals surface area contributed by atoms with Gasteiger partial charge in [0.25, 0.3) is 5.56 Å². The van der Waals surface area contributed by atoms with E-state index < -0.39 is 18.0 Å². The molecule has 1 aromatic heterocycles. The third-order valence-corrected chi connectivity index (χ3v) is 7.60. The summed E-state index contributed by atoms with van der Waals surface area (Å²) in [5.74, 6) is -0.372. The fourth-order valence-corrected chi connectivity index (χ4v) is 5.59. The molecular weight excluding hydrogens is 540 g/mol. The number of fused-ring (bicyclic) bond motifs is 1. The topological polar surface area (TPSA) is 96.2 Å². The molecule has 0 amide bonds. The highest BCUT2D eigenvalue weighted by Crippen LogP contribution is 2.36. The molecular formula is C32H36N2O6S. The summed E-state index contributed by atoms with van der Waals surface area (Å²) in [6.07, 6.45) is 1.84. The molecule has 1 aliphatic heterocycles. The van der Waals surface area contributed by atoms with Gasteiger partial charge in [0.2, 0.25) is 0 Å². The Bertz CT molecular complexity index is 1690. The smallest absolute Gasteiger partial charge is 0.338 e. The van der Waals surface area contributed by atoms with Gasteiger partial charge in [-0.05, 0) is 53.2 Å². The van der Waals surface area contributed by atoms with E-state index in [4.69, 9.17) is 14.2 Å². The van der Waals surface area contributed by atoms with Crippen LogP contribution in [0.15, 0.2) is 63.5 Å². The number of thiazole rings is 1. The summed E-state index contributed by atoms with van der Waals surface area (Å²) in [5, 5.41) is 0. The minimum absolute atomic E-state index is 0.0159. The quantitative estimate of drug-likeness (QED) is 0.300. The van der Waals surface area contributed by atoms with Crippen molar-refractivity contribution in [3.05, 3.63) is 90.1 Å². The van der Waals surface area contributed by atoms with Crippen LogP contribution >= 0.6 is 11.3 Å². The lowest BCUT2D eigenvalue weighted by Gasteiger charge is -2.25. The number of benzene rings is 2. The third kappa shape index (κ3) is 6.51. The minimum Gasteiger partial charge on any atom is -0.493 e. The molecule has 8 nitrogen and oxygen atoms in total. The molecule has 41 heavy (non-hydrogen) atoms. The standard InChI is InChI=1S/C32H36N2O6S/c1-18(2)17-39-30(37)27-19(3)33-31-34(28(27)22-11-14-24(40-20(4)35)25(16-22)38-8)29(36)26(41-31)15-21-9-12-23(13-10-21)32(5,6)7/h9-16,18,28H,17H2,1-8H3/b26-15+/t28-/m0/s1. The first-order chi connectivity index (χ1) is 19.3. The fraction of sp³-hybridized carbons (Fsp3) is 0.375. The van der Waals surface area contributed by atoms with E-state index in [1.54, 1.807) is 25.1 Å². The summed E-state index contributed by atoms with van der Waals surface area (Å²) in [4.78, 5) is 44.1. The zero-order valence-electron chi connectivity index (χ0n) is 24.7. The highest BCUT2D eigenvalue weighted by atomic mass is 32.1. The number of carbonyl (C=O) groups excluding carboxylic acids is 2. The van der Waals surface area contributed by atoms with E-state index in [0.717, 1.165) is 5.56 Å². The van der Waals surface area contributed by atoms with Crippen molar-refractivity contribution in [1.29, 1.82) is 0 Å². The van der Waals surface area contributed by atoms with Gasteiger partial charge < -0.3 is 14.2 Å². The second kappa shape index (κ2) is 11.9. The number of esters is 2. The van der Waals surface area contributed by atoms with Crippen LogP contribution in [0.2, 0.25) is 0 Å². The van der Waals surface area contributed by atoms with Gasteiger partial charge in [-0.2, -0.15) is 0 Å². The maximum atomic E-state index is 13.9. The van der Waals surface area contributed by atoms with Crippen molar-refractivity contribution in [2.75, 3.05) is 13.7 Å². The molecule has 0 saturated heterocycles. The van der Waals surface area contributed by atoms with Crippen molar-refractivity contribution >= 4 is 29.4 Å². The van der Waals surface area contributed by atoms with Gasteiger partial charge in [0.15, 0.2) is 16.3 Å². The molecule has 2 heterocycles. The van der Waals surface area contributed by atoms with E-state index in [2.05, 4.69) is 37.9 Å². The number of methoxy groups -OCH3 is 1. The third-order valence-electron chi connectivity index (χ3n) is 6.62. The van der Waals surface area contributed by atoms with Crippen LogP contribution < -0.4 is 24.4 Å². The number of hydrogen-bond acceptors (Lipinski definition) is 8. The van der Waals surface area contributed by atoms with Crippen LogP contribution in [0.5, 0.6) is 11.5 Å². The zero-order chi connectivity index (χ0) is 30.1. The predicted molar refractivity (Wildman–Crippen MR) is 159 cm³/mol. The molecule has 2 aromatic carbocycles. The molecule has 0 saturated carbocycles. The molecule has 4 rings (SSSR count). The van der Waals surface area contributed by atoms with Gasteiger partial charge in [-0.25, -0.2) is 9.79 Å². The Kier molecular flexibility index (Phi) is 8.68. The van der Waals surface area contributed by atoms with Crippen molar-refractivity contribution in [3.63, 3.8) is 0 Å². The van der Waals surface area contributed by atoms with E-state index in [1.807, 2.05) is 32.1 Å². The van der Waals surface area contributed by atoms with Crippen LogP contribution in [0, 0.1) is 5.92 Å². The van der Waals surface area contributed by atoms with E-state index in [0.29, 0.717) is 26.3 Å². The molecule has 0 radical (unpaired) electrons. The average Bonchev–Trinajstić information content (AvgIpc) is 3.20. The first-order valence-corrected chi connectivity index (χ1v) is 14.3. The summed E-state index contributed by atoms with van der Waals surface area (Å²) in [5.41, 5.74) is 3.15. The molecule has 0 N–H and O–H groups in total. The Hall–Kier alpha value is -3.98. The molecule has 3 aromatic rings. The van der Waals surface area contributed by atoms with Crippen LogP contribution in [-0.2, 0) is 19.7 Å². The summed E-state index contributed by atoms with van der Waals surface area (Å²) in [6, 6.07) is 12.3. The van der Waals surface area contributed by atoms with Gasteiger partial charge in [-0.15, -0.1) is 0 Å². The lowest BCUT2D eigenvalue weighted by Crippen LogP contribution is -2.40. The number of aromatic nitrogens is 1. The van der Waals surface area contributed by atoms with Crippen LogP contribution in [0.4, 0.5) is 0 Å². The summed E-state index contributed by atoms with van der Waals surface area (Å²) < 4.78 is 18.4. The van der Waals surface area contributed by atoms with Crippen molar-refractivity contribution in [3.8, 4) is 11.5 Å². The molecule has 1 aliphatic rings. The molecule has 9 heteroatoms. The van der Waals surface area contributed by atoms with Gasteiger partial charge in [-0.1, -0.05) is 76.3 Å². The van der Waals surface area contributed by atoms with E-state index in [1.165, 1.54) is 35.5 Å². The molecule has 0 spiro atoms. The zero-order valence-corrected chi connectivity index (χ0v) is 25.5. The van der Waals surface area contributed by atoms with E-state index in [9.17, 15) is 14.4 Å². The molecule has 0 unspecified atom stereocenters. The second-order valence-electron chi connectivity index (χ2n) is 11.5. The van der Waals surface area contributed by atoms with Crippen LogP contribution in [-0.4, -0.2) is 30.2 Å². The molecule has 0 aliphatic carbocycles. The predicted octanol–water partition coefficient (Wildman–Crippen LogP) is 4.67. The summed E-state index contributed by atoms with van der Waals surface area (Å²) in [7, 11) is 1.46. The minimum atomic E-state index is -0.823. The Labute approximate surface area is 243 Å². The first-order valence-electron chi connectivity index (χ1n) is 13.5. The lowest BCUT2D eigenvalue weighted by atomic mass is 9.87. The molecule has 0 bridgehead atoms. The number of rotatable bonds is 7. The summed E-state index contributed by atoms with van der Waals surface area (Å²) >= 11 is 1.26. The maximum Gasteiger partial charge on any atom is 0.338 e. The Morgan fingerprint density at radius 2 is 1.78 bits per heavy atom. The van der Waals surface area contributed by atoms with Crippen molar-refractivity contribution < 1.29 is 23.8 Å². The number of hydrogen-bond donors (Lipinski definition) is 0. The lowest BCUT2D eigenvalue weighted by molar-refractivity contribution is -0.140. The van der Waals surface area contributed by atoms with Gasteiger partial charge >= 0.3 is 11.9 Å².